The molecule has 1 aliphatic rings. The van der Waals surface area contributed by atoms with Gasteiger partial charge in [-0.1, -0.05) is 38.1 Å². The lowest BCUT2D eigenvalue weighted by Gasteiger charge is -2.32. The van der Waals surface area contributed by atoms with Gasteiger partial charge in [-0.2, -0.15) is 4.98 Å². The van der Waals surface area contributed by atoms with Crippen molar-refractivity contribution in [3.05, 3.63) is 35.7 Å². The molecule has 1 atom stereocenters. The predicted octanol–water partition coefficient (Wildman–Crippen LogP) is 1.96. The van der Waals surface area contributed by atoms with Gasteiger partial charge in [-0.3, -0.25) is 9.59 Å². The SMILES string of the molecule is CC(C)(C)c1noc(-c2ccccc2C(=O)N2CCCC(C(=O)NCCN)C2)n1. The first kappa shape index (κ1) is 21.0. The highest BCUT2D eigenvalue weighted by Crippen LogP contribution is 2.28. The molecule has 0 bridgehead atoms. The molecule has 0 aliphatic carbocycles. The third-order valence-corrected chi connectivity index (χ3v) is 5.01. The molecular weight excluding hydrogens is 370 g/mol. The molecule has 1 fully saturated rings. The van der Waals surface area contributed by atoms with Gasteiger partial charge in [0.1, 0.15) is 0 Å². The maximum atomic E-state index is 13.3. The molecule has 3 N–H and O–H groups in total. The van der Waals surface area contributed by atoms with E-state index >= 15 is 0 Å². The average molecular weight is 399 g/mol. The Morgan fingerprint density at radius 3 is 2.76 bits per heavy atom. The van der Waals surface area contributed by atoms with Gasteiger partial charge in [0.2, 0.25) is 5.91 Å². The normalized spacial score (nSPS) is 17.2. The van der Waals surface area contributed by atoms with Gasteiger partial charge in [0, 0.05) is 31.6 Å². The number of hydrogen-bond acceptors (Lipinski definition) is 6. The molecule has 2 heterocycles. The predicted molar refractivity (Wildman–Crippen MR) is 109 cm³/mol. The first-order chi connectivity index (χ1) is 13.8. The number of hydrogen-bond donors (Lipinski definition) is 2. The van der Waals surface area contributed by atoms with Gasteiger partial charge in [-0.25, -0.2) is 0 Å². The first-order valence-electron chi connectivity index (χ1n) is 10.0. The molecule has 156 valence electrons. The number of benzene rings is 1. The van der Waals surface area contributed by atoms with Crippen LogP contribution in [0.15, 0.2) is 28.8 Å². The van der Waals surface area contributed by atoms with Crippen molar-refractivity contribution in [3.8, 4) is 11.5 Å². The van der Waals surface area contributed by atoms with Crippen LogP contribution < -0.4 is 11.1 Å². The van der Waals surface area contributed by atoms with E-state index in [2.05, 4.69) is 15.5 Å². The Kier molecular flexibility index (Phi) is 6.32. The van der Waals surface area contributed by atoms with E-state index in [1.54, 1.807) is 11.0 Å². The molecule has 1 saturated heterocycles. The van der Waals surface area contributed by atoms with Crippen LogP contribution in [-0.4, -0.2) is 53.0 Å². The van der Waals surface area contributed by atoms with Crippen molar-refractivity contribution in [1.29, 1.82) is 0 Å². The minimum absolute atomic E-state index is 0.0482. The Hall–Kier alpha value is -2.74. The summed E-state index contributed by atoms with van der Waals surface area (Å²) < 4.78 is 5.45. The molecule has 3 rings (SSSR count). The van der Waals surface area contributed by atoms with Crippen molar-refractivity contribution in [3.63, 3.8) is 0 Å². The number of carbonyl (C=O) groups is 2. The van der Waals surface area contributed by atoms with E-state index in [0.717, 1.165) is 12.8 Å². The van der Waals surface area contributed by atoms with Crippen LogP contribution in [-0.2, 0) is 10.2 Å². The van der Waals surface area contributed by atoms with E-state index in [9.17, 15) is 9.59 Å². The fourth-order valence-electron chi connectivity index (χ4n) is 3.38. The summed E-state index contributed by atoms with van der Waals surface area (Å²) in [4.78, 5) is 31.8. The number of nitrogens with zero attached hydrogens (tertiary/aromatic N) is 3. The number of nitrogens with two attached hydrogens (primary N) is 1. The third kappa shape index (κ3) is 4.82. The lowest BCUT2D eigenvalue weighted by molar-refractivity contribution is -0.126. The Labute approximate surface area is 170 Å². The standard InChI is InChI=1S/C21H29N5O3/c1-21(2,3)20-24-18(29-25-20)15-8-4-5-9-16(15)19(28)26-12-6-7-14(13-26)17(27)23-11-10-22/h4-5,8-9,14H,6-7,10-13,22H2,1-3H3,(H,23,27). The summed E-state index contributed by atoms with van der Waals surface area (Å²) in [7, 11) is 0. The average Bonchev–Trinajstić information content (AvgIpc) is 3.22. The van der Waals surface area contributed by atoms with E-state index in [4.69, 9.17) is 10.3 Å². The van der Waals surface area contributed by atoms with Crippen molar-refractivity contribution in [2.45, 2.75) is 39.0 Å². The molecule has 8 nitrogen and oxygen atoms in total. The summed E-state index contributed by atoms with van der Waals surface area (Å²) in [6.45, 7) is 7.85. The van der Waals surface area contributed by atoms with Crippen LogP contribution in [0.2, 0.25) is 0 Å². The molecular formula is C21H29N5O3. The monoisotopic (exact) mass is 399 g/mol. The van der Waals surface area contributed by atoms with Crippen LogP contribution in [0.1, 0.15) is 49.8 Å². The van der Waals surface area contributed by atoms with Gasteiger partial charge in [0.25, 0.3) is 11.8 Å². The second-order valence-electron chi connectivity index (χ2n) is 8.39. The van der Waals surface area contributed by atoms with Gasteiger partial charge in [0.05, 0.1) is 17.0 Å². The van der Waals surface area contributed by atoms with Gasteiger partial charge in [0.15, 0.2) is 5.82 Å². The van der Waals surface area contributed by atoms with E-state index < -0.39 is 0 Å². The molecule has 0 spiro atoms. The van der Waals surface area contributed by atoms with Crippen LogP contribution in [0.5, 0.6) is 0 Å². The molecule has 0 saturated carbocycles. The lowest BCUT2D eigenvalue weighted by Crippen LogP contribution is -2.46. The van der Waals surface area contributed by atoms with Crippen molar-refractivity contribution in [1.82, 2.24) is 20.4 Å². The zero-order valence-electron chi connectivity index (χ0n) is 17.3. The highest BCUT2D eigenvalue weighted by molar-refractivity contribution is 6.00. The number of carbonyl (C=O) groups excluding carboxylic acids is 2. The van der Waals surface area contributed by atoms with E-state index in [1.807, 2.05) is 39.0 Å². The summed E-state index contributed by atoms with van der Waals surface area (Å²) in [6.07, 6.45) is 1.55. The molecule has 29 heavy (non-hydrogen) atoms. The van der Waals surface area contributed by atoms with Gasteiger partial charge < -0.3 is 20.5 Å². The quantitative estimate of drug-likeness (QED) is 0.794. The lowest BCUT2D eigenvalue weighted by atomic mass is 9.95. The summed E-state index contributed by atoms with van der Waals surface area (Å²) in [5.74, 6) is 0.514. The van der Waals surface area contributed by atoms with Crippen LogP contribution in [0, 0.1) is 5.92 Å². The van der Waals surface area contributed by atoms with Crippen molar-refractivity contribution in [2.75, 3.05) is 26.2 Å². The number of piperidine rings is 1. The second-order valence-corrected chi connectivity index (χ2v) is 8.39. The smallest absolute Gasteiger partial charge is 0.258 e. The number of amides is 2. The molecule has 1 aromatic carbocycles. The number of nitrogens with one attached hydrogen (secondary N) is 1. The van der Waals surface area contributed by atoms with Crippen molar-refractivity contribution >= 4 is 11.8 Å². The zero-order valence-corrected chi connectivity index (χ0v) is 17.3. The highest BCUT2D eigenvalue weighted by atomic mass is 16.5. The third-order valence-electron chi connectivity index (χ3n) is 5.01. The Morgan fingerprint density at radius 1 is 1.31 bits per heavy atom. The van der Waals surface area contributed by atoms with E-state index in [0.29, 0.717) is 49.0 Å². The molecule has 0 radical (unpaired) electrons. The van der Waals surface area contributed by atoms with Gasteiger partial charge in [-0.15, -0.1) is 0 Å². The molecule has 2 amide bonds. The summed E-state index contributed by atoms with van der Waals surface area (Å²) in [6, 6.07) is 7.22. The number of rotatable bonds is 5. The van der Waals surface area contributed by atoms with Crippen LogP contribution in [0.25, 0.3) is 11.5 Å². The molecule has 8 heteroatoms. The maximum absolute atomic E-state index is 13.3. The Morgan fingerprint density at radius 2 is 2.07 bits per heavy atom. The summed E-state index contributed by atoms with van der Waals surface area (Å²) >= 11 is 0. The van der Waals surface area contributed by atoms with Crippen LogP contribution >= 0.6 is 0 Å². The first-order valence-corrected chi connectivity index (χ1v) is 10.0. The highest BCUT2D eigenvalue weighted by Gasteiger charge is 2.30. The zero-order chi connectivity index (χ0) is 21.0. The molecule has 1 aliphatic heterocycles. The Balaban J connectivity index is 1.81. The van der Waals surface area contributed by atoms with E-state index in [-0.39, 0.29) is 23.1 Å². The minimum Gasteiger partial charge on any atom is -0.355 e. The minimum atomic E-state index is -0.252. The van der Waals surface area contributed by atoms with Gasteiger partial charge in [-0.05, 0) is 25.0 Å². The fraction of sp³-hybridized carbons (Fsp3) is 0.524. The van der Waals surface area contributed by atoms with Crippen molar-refractivity contribution in [2.24, 2.45) is 11.7 Å². The second kappa shape index (κ2) is 8.73. The largest absolute Gasteiger partial charge is 0.355 e. The fourth-order valence-corrected chi connectivity index (χ4v) is 3.38. The van der Waals surface area contributed by atoms with E-state index in [1.165, 1.54) is 0 Å². The Bertz CT molecular complexity index is 871. The van der Waals surface area contributed by atoms with Crippen molar-refractivity contribution < 1.29 is 14.1 Å². The van der Waals surface area contributed by atoms with Gasteiger partial charge >= 0.3 is 0 Å². The topological polar surface area (TPSA) is 114 Å². The summed E-state index contributed by atoms with van der Waals surface area (Å²) in [5.41, 5.74) is 6.31. The summed E-state index contributed by atoms with van der Waals surface area (Å²) in [5, 5.41) is 6.89. The number of aromatic nitrogens is 2. The molecule has 1 aromatic heterocycles. The molecule has 2 aromatic rings. The maximum Gasteiger partial charge on any atom is 0.258 e. The molecule has 1 unspecified atom stereocenters. The number of likely N-dealkylation sites (tertiary alicyclic amines) is 1. The van der Waals surface area contributed by atoms with Crippen LogP contribution in [0.3, 0.4) is 0 Å². The van der Waals surface area contributed by atoms with Crippen LogP contribution in [0.4, 0.5) is 0 Å².